The largest absolute Gasteiger partial charge is 0.370 e. The van der Waals surface area contributed by atoms with E-state index in [4.69, 9.17) is 4.74 Å². The molecule has 0 aromatic heterocycles. The van der Waals surface area contributed by atoms with Crippen LogP contribution in [0.15, 0.2) is 28.7 Å². The van der Waals surface area contributed by atoms with Crippen molar-refractivity contribution in [2.45, 2.75) is 0 Å². The van der Waals surface area contributed by atoms with Crippen molar-refractivity contribution in [3.63, 3.8) is 0 Å². The van der Waals surface area contributed by atoms with Crippen molar-refractivity contribution in [2.75, 3.05) is 32.1 Å². The number of amides is 1. The minimum absolute atomic E-state index is 0.0724. The van der Waals surface area contributed by atoms with Crippen LogP contribution >= 0.6 is 15.9 Å². The van der Waals surface area contributed by atoms with Gasteiger partial charge in [0.2, 0.25) is 5.91 Å². The monoisotopic (exact) mass is 286 g/mol. The van der Waals surface area contributed by atoms with Crippen molar-refractivity contribution in [3.05, 3.63) is 28.7 Å². The molecule has 0 heterocycles. The SMILES string of the molecule is CNCCOCC(=O)Nc1ccccc1Br. The molecule has 0 saturated carbocycles. The lowest BCUT2D eigenvalue weighted by Crippen LogP contribution is -2.22. The Morgan fingerprint density at radius 3 is 2.88 bits per heavy atom. The number of rotatable bonds is 6. The molecule has 1 amide bonds. The second kappa shape index (κ2) is 7.38. The number of ether oxygens (including phenoxy) is 1. The van der Waals surface area contributed by atoms with E-state index in [0.29, 0.717) is 6.61 Å². The van der Waals surface area contributed by atoms with Crippen LogP contribution < -0.4 is 10.6 Å². The Hall–Kier alpha value is -0.910. The predicted octanol–water partition coefficient (Wildman–Crippen LogP) is 1.62. The second-order valence-electron chi connectivity index (χ2n) is 3.18. The molecule has 5 heteroatoms. The van der Waals surface area contributed by atoms with E-state index < -0.39 is 0 Å². The third kappa shape index (κ3) is 4.74. The highest BCUT2D eigenvalue weighted by Gasteiger charge is 2.04. The van der Waals surface area contributed by atoms with Gasteiger partial charge in [-0.15, -0.1) is 0 Å². The number of halogens is 1. The second-order valence-corrected chi connectivity index (χ2v) is 4.04. The van der Waals surface area contributed by atoms with E-state index in [0.717, 1.165) is 16.7 Å². The fourth-order valence-corrected chi connectivity index (χ4v) is 1.47. The quantitative estimate of drug-likeness (QED) is 0.782. The Morgan fingerprint density at radius 2 is 2.19 bits per heavy atom. The van der Waals surface area contributed by atoms with Crippen molar-refractivity contribution in [1.29, 1.82) is 0 Å². The highest BCUT2D eigenvalue weighted by atomic mass is 79.9. The summed E-state index contributed by atoms with van der Waals surface area (Å²) >= 11 is 3.35. The summed E-state index contributed by atoms with van der Waals surface area (Å²) in [6, 6.07) is 7.46. The summed E-state index contributed by atoms with van der Waals surface area (Å²) in [5.74, 6) is -0.150. The molecule has 0 saturated heterocycles. The van der Waals surface area contributed by atoms with Gasteiger partial charge < -0.3 is 15.4 Å². The maximum Gasteiger partial charge on any atom is 0.250 e. The number of carbonyl (C=O) groups excluding carboxylic acids is 1. The Bertz CT molecular complexity index is 345. The average Bonchev–Trinajstić information content (AvgIpc) is 2.28. The Balaban J connectivity index is 2.32. The zero-order chi connectivity index (χ0) is 11.8. The molecule has 0 atom stereocenters. The summed E-state index contributed by atoms with van der Waals surface area (Å²) in [6.45, 7) is 1.34. The smallest absolute Gasteiger partial charge is 0.250 e. The van der Waals surface area contributed by atoms with Gasteiger partial charge in [0.05, 0.1) is 12.3 Å². The number of likely N-dealkylation sites (N-methyl/N-ethyl adjacent to an activating group) is 1. The molecule has 0 fully saturated rings. The van der Waals surface area contributed by atoms with Crippen LogP contribution in [0.25, 0.3) is 0 Å². The fourth-order valence-electron chi connectivity index (χ4n) is 1.09. The van der Waals surface area contributed by atoms with Crippen molar-refractivity contribution in [2.24, 2.45) is 0 Å². The summed E-state index contributed by atoms with van der Waals surface area (Å²) in [7, 11) is 1.84. The van der Waals surface area contributed by atoms with Gasteiger partial charge in [0, 0.05) is 11.0 Å². The number of carbonyl (C=O) groups is 1. The van der Waals surface area contributed by atoms with Crippen molar-refractivity contribution >= 4 is 27.5 Å². The van der Waals surface area contributed by atoms with E-state index in [1.54, 1.807) is 0 Å². The first kappa shape index (κ1) is 13.2. The molecule has 88 valence electrons. The summed E-state index contributed by atoms with van der Waals surface area (Å²) in [5.41, 5.74) is 0.754. The van der Waals surface area contributed by atoms with Crippen LogP contribution in [-0.4, -0.2) is 32.7 Å². The van der Waals surface area contributed by atoms with Gasteiger partial charge >= 0.3 is 0 Å². The Labute approximate surface area is 103 Å². The minimum Gasteiger partial charge on any atom is -0.370 e. The van der Waals surface area contributed by atoms with Crippen molar-refractivity contribution < 1.29 is 9.53 Å². The number of benzene rings is 1. The van der Waals surface area contributed by atoms with Gasteiger partial charge in [-0.25, -0.2) is 0 Å². The van der Waals surface area contributed by atoms with Crippen LogP contribution in [0.1, 0.15) is 0 Å². The molecule has 0 unspecified atom stereocenters. The molecule has 0 spiro atoms. The lowest BCUT2D eigenvalue weighted by atomic mass is 10.3. The van der Waals surface area contributed by atoms with Crippen molar-refractivity contribution in [1.82, 2.24) is 5.32 Å². The van der Waals surface area contributed by atoms with E-state index >= 15 is 0 Å². The third-order valence-electron chi connectivity index (χ3n) is 1.88. The van der Waals surface area contributed by atoms with Crippen LogP contribution in [0.4, 0.5) is 5.69 Å². The minimum atomic E-state index is -0.150. The molecule has 1 aromatic rings. The van der Waals surface area contributed by atoms with Gasteiger partial charge in [0.1, 0.15) is 6.61 Å². The van der Waals surface area contributed by atoms with Gasteiger partial charge in [0.25, 0.3) is 0 Å². The molecule has 16 heavy (non-hydrogen) atoms. The molecule has 0 aliphatic heterocycles. The zero-order valence-corrected chi connectivity index (χ0v) is 10.7. The first-order valence-corrected chi connectivity index (χ1v) is 5.80. The Kier molecular flexibility index (Phi) is 6.07. The van der Waals surface area contributed by atoms with Gasteiger partial charge in [-0.1, -0.05) is 12.1 Å². The summed E-state index contributed by atoms with van der Waals surface area (Å²) in [6.07, 6.45) is 0. The molecule has 0 bridgehead atoms. The maximum absolute atomic E-state index is 11.5. The van der Waals surface area contributed by atoms with E-state index in [-0.39, 0.29) is 12.5 Å². The van der Waals surface area contributed by atoms with E-state index in [1.807, 2.05) is 31.3 Å². The van der Waals surface area contributed by atoms with Crippen LogP contribution in [0.5, 0.6) is 0 Å². The van der Waals surface area contributed by atoms with E-state index in [2.05, 4.69) is 26.6 Å². The zero-order valence-electron chi connectivity index (χ0n) is 9.13. The number of anilines is 1. The molecule has 1 aromatic carbocycles. The van der Waals surface area contributed by atoms with Crippen LogP contribution in [0.3, 0.4) is 0 Å². The maximum atomic E-state index is 11.5. The summed E-state index contributed by atoms with van der Waals surface area (Å²) in [5, 5.41) is 5.69. The lowest BCUT2D eigenvalue weighted by Gasteiger charge is -2.07. The molecule has 0 aliphatic carbocycles. The standard InChI is InChI=1S/C11H15BrN2O2/c1-13-6-7-16-8-11(15)14-10-5-3-2-4-9(10)12/h2-5,13H,6-8H2,1H3,(H,14,15). The first-order chi connectivity index (χ1) is 7.74. The Morgan fingerprint density at radius 1 is 1.44 bits per heavy atom. The normalized spacial score (nSPS) is 10.1. The van der Waals surface area contributed by atoms with Gasteiger partial charge in [-0.05, 0) is 35.1 Å². The number of hydrogen-bond acceptors (Lipinski definition) is 3. The lowest BCUT2D eigenvalue weighted by molar-refractivity contribution is -0.120. The third-order valence-corrected chi connectivity index (χ3v) is 2.57. The van der Waals surface area contributed by atoms with Crippen molar-refractivity contribution in [3.8, 4) is 0 Å². The first-order valence-electron chi connectivity index (χ1n) is 5.00. The van der Waals surface area contributed by atoms with Gasteiger partial charge in [0.15, 0.2) is 0 Å². The molecule has 4 nitrogen and oxygen atoms in total. The highest BCUT2D eigenvalue weighted by Crippen LogP contribution is 2.20. The van der Waals surface area contributed by atoms with Gasteiger partial charge in [-0.3, -0.25) is 4.79 Å². The molecular formula is C11H15BrN2O2. The molecule has 0 radical (unpaired) electrons. The molecule has 0 aliphatic rings. The number of nitrogens with one attached hydrogen (secondary N) is 2. The highest BCUT2D eigenvalue weighted by molar-refractivity contribution is 9.10. The number of para-hydroxylation sites is 1. The van der Waals surface area contributed by atoms with Crippen LogP contribution in [-0.2, 0) is 9.53 Å². The predicted molar refractivity (Wildman–Crippen MR) is 67.5 cm³/mol. The van der Waals surface area contributed by atoms with Crippen LogP contribution in [0.2, 0.25) is 0 Å². The molecular weight excluding hydrogens is 272 g/mol. The van der Waals surface area contributed by atoms with E-state index in [1.165, 1.54) is 0 Å². The van der Waals surface area contributed by atoms with E-state index in [9.17, 15) is 4.79 Å². The average molecular weight is 287 g/mol. The fraction of sp³-hybridized carbons (Fsp3) is 0.364. The summed E-state index contributed by atoms with van der Waals surface area (Å²) in [4.78, 5) is 11.5. The topological polar surface area (TPSA) is 50.4 Å². The van der Waals surface area contributed by atoms with Gasteiger partial charge in [-0.2, -0.15) is 0 Å². The summed E-state index contributed by atoms with van der Waals surface area (Å²) < 4.78 is 6.02. The number of hydrogen-bond donors (Lipinski definition) is 2. The molecule has 1 rings (SSSR count). The van der Waals surface area contributed by atoms with Crippen LogP contribution in [0, 0.1) is 0 Å². The molecule has 2 N–H and O–H groups in total.